The summed E-state index contributed by atoms with van der Waals surface area (Å²) in [6.07, 6.45) is 1.56. The molecule has 1 amide bonds. The normalized spacial score (nSPS) is 10.8. The van der Waals surface area contributed by atoms with E-state index in [0.717, 1.165) is 38.2 Å². The second-order valence-corrected chi connectivity index (χ2v) is 8.63. The molecule has 0 atom stereocenters. The van der Waals surface area contributed by atoms with Crippen molar-refractivity contribution in [2.24, 2.45) is 7.05 Å². The van der Waals surface area contributed by atoms with Gasteiger partial charge in [-0.05, 0) is 42.8 Å². The lowest BCUT2D eigenvalue weighted by molar-refractivity contribution is 0.0951. The van der Waals surface area contributed by atoms with Crippen LogP contribution in [0.4, 0.5) is 11.6 Å². The first-order valence-corrected chi connectivity index (χ1v) is 11.9. The van der Waals surface area contributed by atoms with Crippen molar-refractivity contribution < 1.29 is 9.53 Å². The summed E-state index contributed by atoms with van der Waals surface area (Å²) in [5.74, 6) is 1.67. The molecule has 4 aromatic rings. The van der Waals surface area contributed by atoms with Crippen LogP contribution in [-0.4, -0.2) is 31.4 Å². The minimum atomic E-state index is -0.219. The second-order valence-electron chi connectivity index (χ2n) is 7.55. The van der Waals surface area contributed by atoms with Gasteiger partial charge in [0.2, 0.25) is 5.95 Å². The molecule has 0 saturated carbocycles. The number of amides is 1. The maximum atomic E-state index is 12.2. The van der Waals surface area contributed by atoms with Crippen LogP contribution in [0.3, 0.4) is 0 Å². The summed E-state index contributed by atoms with van der Waals surface area (Å²) in [4.78, 5) is 21.0. The van der Waals surface area contributed by atoms with E-state index in [4.69, 9.17) is 9.72 Å². The fourth-order valence-corrected chi connectivity index (χ4v) is 3.60. The SMILES string of the molecule is C=C(C)c1cccc(Nc2nc3cc(Oc4ccnc(C(=O)NCCI)c4)ccc3n2C)c1. The lowest BCUT2D eigenvalue weighted by Gasteiger charge is -2.08. The molecule has 7 nitrogen and oxygen atoms in total. The Balaban J connectivity index is 1.55. The minimum absolute atomic E-state index is 0.219. The quantitative estimate of drug-likeness (QED) is 0.216. The number of benzene rings is 2. The number of carbonyl (C=O) groups is 1. The van der Waals surface area contributed by atoms with Crippen LogP contribution in [0.5, 0.6) is 11.5 Å². The van der Waals surface area contributed by atoms with Crippen molar-refractivity contribution in [2.45, 2.75) is 6.92 Å². The first kappa shape index (κ1) is 22.8. The van der Waals surface area contributed by atoms with E-state index in [1.54, 1.807) is 18.3 Å². The third-order valence-corrected chi connectivity index (χ3v) is 5.58. The molecule has 2 aromatic heterocycles. The standard InChI is InChI=1S/C25H24IN5O2/c1-16(2)17-5-4-6-18(13-17)29-25-30-21-14-19(7-8-23(21)31(25)3)33-20-9-11-27-22(15-20)24(32)28-12-10-26/h4-9,11,13-15H,1,10,12H2,2-3H3,(H,28,32)(H,29,30). The number of fused-ring (bicyclic) bond motifs is 1. The molecule has 0 fully saturated rings. The van der Waals surface area contributed by atoms with Crippen molar-refractivity contribution in [3.63, 3.8) is 0 Å². The zero-order valence-corrected chi connectivity index (χ0v) is 20.6. The molecule has 4 rings (SSSR count). The predicted molar refractivity (Wildman–Crippen MR) is 141 cm³/mol. The number of allylic oxidation sites excluding steroid dienone is 1. The highest BCUT2D eigenvalue weighted by Gasteiger charge is 2.12. The van der Waals surface area contributed by atoms with Gasteiger partial charge in [-0.25, -0.2) is 4.98 Å². The Hall–Kier alpha value is -3.40. The van der Waals surface area contributed by atoms with E-state index in [2.05, 4.69) is 44.8 Å². The van der Waals surface area contributed by atoms with Crippen LogP contribution in [0.15, 0.2) is 67.4 Å². The average Bonchev–Trinajstić information content (AvgIpc) is 3.12. The van der Waals surface area contributed by atoms with Crippen molar-refractivity contribution in [1.82, 2.24) is 19.9 Å². The fourth-order valence-electron chi connectivity index (χ4n) is 3.33. The molecule has 2 N–H and O–H groups in total. The number of alkyl halides is 1. The summed E-state index contributed by atoms with van der Waals surface area (Å²) in [5, 5.41) is 6.19. The number of hydrogen-bond donors (Lipinski definition) is 2. The molecule has 0 aliphatic heterocycles. The van der Waals surface area contributed by atoms with Gasteiger partial charge in [-0.3, -0.25) is 9.78 Å². The van der Waals surface area contributed by atoms with Crippen molar-refractivity contribution >= 4 is 56.7 Å². The van der Waals surface area contributed by atoms with Crippen LogP contribution in [0, 0.1) is 0 Å². The van der Waals surface area contributed by atoms with Gasteiger partial charge in [0.15, 0.2) is 0 Å². The van der Waals surface area contributed by atoms with Gasteiger partial charge in [-0.15, -0.1) is 0 Å². The average molecular weight is 553 g/mol. The molecule has 0 aliphatic carbocycles. The van der Waals surface area contributed by atoms with Gasteiger partial charge in [0.25, 0.3) is 5.91 Å². The van der Waals surface area contributed by atoms with E-state index in [1.165, 1.54) is 0 Å². The van der Waals surface area contributed by atoms with Crippen molar-refractivity contribution in [3.8, 4) is 11.5 Å². The lowest BCUT2D eigenvalue weighted by Crippen LogP contribution is -2.25. The van der Waals surface area contributed by atoms with Crippen LogP contribution >= 0.6 is 22.6 Å². The Bertz CT molecular complexity index is 1330. The molecule has 0 unspecified atom stereocenters. The Morgan fingerprint density at radius 1 is 1.15 bits per heavy atom. The Labute approximate surface area is 206 Å². The number of hydrogen-bond acceptors (Lipinski definition) is 5. The minimum Gasteiger partial charge on any atom is -0.457 e. The monoisotopic (exact) mass is 553 g/mol. The molecule has 2 aromatic carbocycles. The third kappa shape index (κ3) is 5.33. The Morgan fingerprint density at radius 3 is 2.76 bits per heavy atom. The number of nitrogens with zero attached hydrogens (tertiary/aromatic N) is 3. The molecular formula is C25H24IN5O2. The third-order valence-electron chi connectivity index (χ3n) is 5.04. The molecule has 0 spiro atoms. The number of ether oxygens (including phenoxy) is 1. The molecule has 2 heterocycles. The zero-order chi connectivity index (χ0) is 23.4. The number of anilines is 2. The highest BCUT2D eigenvalue weighted by atomic mass is 127. The smallest absolute Gasteiger partial charge is 0.270 e. The van der Waals surface area contributed by atoms with E-state index >= 15 is 0 Å². The Morgan fingerprint density at radius 2 is 1.97 bits per heavy atom. The Kier molecular flexibility index (Phi) is 6.93. The first-order valence-electron chi connectivity index (χ1n) is 10.4. The van der Waals surface area contributed by atoms with Gasteiger partial charge in [0, 0.05) is 42.0 Å². The van der Waals surface area contributed by atoms with Gasteiger partial charge in [0.05, 0.1) is 11.0 Å². The van der Waals surface area contributed by atoms with Crippen molar-refractivity contribution in [2.75, 3.05) is 16.3 Å². The van der Waals surface area contributed by atoms with Gasteiger partial charge >= 0.3 is 0 Å². The number of nitrogens with one attached hydrogen (secondary N) is 2. The van der Waals surface area contributed by atoms with Gasteiger partial charge in [-0.1, -0.05) is 46.9 Å². The molecule has 0 aliphatic rings. The van der Waals surface area contributed by atoms with Crippen molar-refractivity contribution in [3.05, 3.63) is 78.6 Å². The topological polar surface area (TPSA) is 81.1 Å². The molecule has 168 valence electrons. The molecule has 33 heavy (non-hydrogen) atoms. The summed E-state index contributed by atoms with van der Waals surface area (Å²) < 4.78 is 8.82. The number of carbonyl (C=O) groups excluding carboxylic acids is 1. The van der Waals surface area contributed by atoms with E-state index in [0.29, 0.717) is 23.7 Å². The number of halogens is 1. The van der Waals surface area contributed by atoms with Crippen molar-refractivity contribution in [1.29, 1.82) is 0 Å². The maximum Gasteiger partial charge on any atom is 0.270 e. The largest absolute Gasteiger partial charge is 0.457 e. The van der Waals surface area contributed by atoms with E-state index in [9.17, 15) is 4.79 Å². The van der Waals surface area contributed by atoms with Gasteiger partial charge in [0.1, 0.15) is 17.2 Å². The molecule has 0 bridgehead atoms. The van der Waals surface area contributed by atoms with Gasteiger partial charge < -0.3 is 19.9 Å². The molecule has 0 radical (unpaired) electrons. The van der Waals surface area contributed by atoms with Crippen LogP contribution in [0.2, 0.25) is 0 Å². The summed E-state index contributed by atoms with van der Waals surface area (Å²) in [6, 6.07) is 17.1. The lowest BCUT2D eigenvalue weighted by atomic mass is 10.1. The van der Waals surface area contributed by atoms with E-state index in [1.807, 2.05) is 61.0 Å². The number of pyridine rings is 1. The molecular weight excluding hydrogens is 529 g/mol. The number of aryl methyl sites for hydroxylation is 1. The number of rotatable bonds is 8. The summed E-state index contributed by atoms with van der Waals surface area (Å²) in [5.41, 5.74) is 5.11. The second kappa shape index (κ2) is 10.0. The van der Waals surface area contributed by atoms with Crippen LogP contribution < -0.4 is 15.4 Å². The molecule has 8 heteroatoms. The van der Waals surface area contributed by atoms with E-state index < -0.39 is 0 Å². The summed E-state index contributed by atoms with van der Waals surface area (Å²) >= 11 is 2.21. The number of imidazole rings is 1. The first-order chi connectivity index (χ1) is 15.9. The van der Waals surface area contributed by atoms with Crippen LogP contribution in [0.25, 0.3) is 16.6 Å². The fraction of sp³-hybridized carbons (Fsp3) is 0.160. The summed E-state index contributed by atoms with van der Waals surface area (Å²) in [6.45, 7) is 6.59. The zero-order valence-electron chi connectivity index (χ0n) is 18.4. The molecule has 0 saturated heterocycles. The van der Waals surface area contributed by atoms with Gasteiger partial charge in [-0.2, -0.15) is 0 Å². The number of aromatic nitrogens is 3. The maximum absolute atomic E-state index is 12.2. The van der Waals surface area contributed by atoms with Crippen LogP contribution in [0.1, 0.15) is 23.0 Å². The summed E-state index contributed by atoms with van der Waals surface area (Å²) in [7, 11) is 1.96. The predicted octanol–water partition coefficient (Wildman–Crippen LogP) is 5.70. The van der Waals surface area contributed by atoms with E-state index in [-0.39, 0.29) is 5.91 Å². The highest BCUT2D eigenvalue weighted by Crippen LogP contribution is 2.28. The van der Waals surface area contributed by atoms with Crippen LogP contribution in [-0.2, 0) is 7.05 Å². The highest BCUT2D eigenvalue weighted by molar-refractivity contribution is 14.1.